The summed E-state index contributed by atoms with van der Waals surface area (Å²) < 4.78 is 0. The van der Waals surface area contributed by atoms with E-state index in [1.165, 1.54) is 11.3 Å². The minimum absolute atomic E-state index is 0.0356. The van der Waals surface area contributed by atoms with E-state index in [9.17, 15) is 9.59 Å². The van der Waals surface area contributed by atoms with Crippen LogP contribution in [0.4, 0.5) is 5.69 Å². The third-order valence-corrected chi connectivity index (χ3v) is 6.48. The summed E-state index contributed by atoms with van der Waals surface area (Å²) in [5.41, 5.74) is 2.95. The van der Waals surface area contributed by atoms with Crippen molar-refractivity contribution in [3.63, 3.8) is 0 Å². The van der Waals surface area contributed by atoms with E-state index in [-0.39, 0.29) is 23.7 Å². The van der Waals surface area contributed by atoms with Crippen LogP contribution in [0.15, 0.2) is 30.4 Å². The van der Waals surface area contributed by atoms with Gasteiger partial charge in [-0.25, -0.2) is 4.90 Å². The van der Waals surface area contributed by atoms with Crippen molar-refractivity contribution in [3.8, 4) is 0 Å². The van der Waals surface area contributed by atoms with Crippen LogP contribution in [-0.2, 0) is 9.59 Å². The lowest BCUT2D eigenvalue weighted by molar-refractivity contribution is -0.124. The molecule has 112 valence electrons. The second-order valence-electron chi connectivity index (χ2n) is 7.39. The zero-order valence-electron chi connectivity index (χ0n) is 12.8. The van der Waals surface area contributed by atoms with E-state index >= 15 is 0 Å². The molecule has 1 aliphatic heterocycles. The summed E-state index contributed by atoms with van der Waals surface area (Å²) in [6.07, 6.45) is 5.65. The van der Waals surface area contributed by atoms with Crippen molar-refractivity contribution in [2.45, 2.75) is 20.3 Å². The lowest BCUT2D eigenvalue weighted by Gasteiger charge is -2.37. The number of benzene rings is 1. The summed E-state index contributed by atoms with van der Waals surface area (Å²) in [4.78, 5) is 27.6. The van der Waals surface area contributed by atoms with Gasteiger partial charge in [0.05, 0.1) is 17.5 Å². The number of imide groups is 1. The number of aryl methyl sites for hydroxylation is 1. The maximum absolute atomic E-state index is 13.0. The lowest BCUT2D eigenvalue weighted by atomic mass is 9.63. The molecule has 6 atom stereocenters. The normalized spacial score (nSPS) is 40.9. The van der Waals surface area contributed by atoms with Gasteiger partial charge in [-0.05, 0) is 61.1 Å². The number of hydrogen-bond acceptors (Lipinski definition) is 2. The fourth-order valence-electron chi connectivity index (χ4n) is 5.17. The monoisotopic (exact) mass is 293 g/mol. The smallest absolute Gasteiger partial charge is 0.238 e. The molecule has 1 aromatic carbocycles. The summed E-state index contributed by atoms with van der Waals surface area (Å²) in [5, 5.41) is 0. The molecule has 1 saturated heterocycles. The molecule has 0 radical (unpaired) electrons. The third-order valence-electron chi connectivity index (χ3n) is 6.48. The Labute approximate surface area is 130 Å². The number of carbonyl (C=O) groups is 2. The van der Waals surface area contributed by atoms with E-state index in [2.05, 4.69) is 12.2 Å². The van der Waals surface area contributed by atoms with Crippen LogP contribution < -0.4 is 4.90 Å². The number of rotatable bonds is 1. The van der Waals surface area contributed by atoms with Gasteiger partial charge in [-0.3, -0.25) is 9.59 Å². The Morgan fingerprint density at radius 3 is 2.14 bits per heavy atom. The molecule has 3 fully saturated rings. The Balaban J connectivity index is 1.62. The van der Waals surface area contributed by atoms with Gasteiger partial charge in [-0.1, -0.05) is 24.3 Å². The van der Waals surface area contributed by atoms with E-state index in [1.807, 2.05) is 32.0 Å². The van der Waals surface area contributed by atoms with Crippen LogP contribution >= 0.6 is 0 Å². The van der Waals surface area contributed by atoms with Crippen molar-refractivity contribution < 1.29 is 9.59 Å². The lowest BCUT2D eigenvalue weighted by Crippen LogP contribution is -2.40. The third kappa shape index (κ3) is 1.33. The molecule has 0 aromatic heterocycles. The van der Waals surface area contributed by atoms with Crippen LogP contribution in [-0.4, -0.2) is 11.8 Å². The van der Waals surface area contributed by atoms with Crippen LogP contribution in [0.25, 0.3) is 0 Å². The van der Waals surface area contributed by atoms with E-state index in [4.69, 9.17) is 0 Å². The Morgan fingerprint density at radius 2 is 1.55 bits per heavy atom. The molecule has 0 N–H and O–H groups in total. The van der Waals surface area contributed by atoms with Crippen molar-refractivity contribution in [1.82, 2.24) is 0 Å². The molecule has 0 unspecified atom stereocenters. The van der Waals surface area contributed by atoms with E-state index < -0.39 is 0 Å². The molecule has 3 nitrogen and oxygen atoms in total. The molecular weight excluding hydrogens is 274 g/mol. The second-order valence-corrected chi connectivity index (χ2v) is 7.39. The average Bonchev–Trinajstić information content (AvgIpc) is 3.28. The molecule has 2 saturated carbocycles. The molecule has 1 aromatic rings. The summed E-state index contributed by atoms with van der Waals surface area (Å²) in [7, 11) is 0. The number of allylic oxidation sites excluding steroid dienone is 2. The van der Waals surface area contributed by atoms with E-state index in [1.54, 1.807) is 0 Å². The first-order valence-electron chi connectivity index (χ1n) is 8.22. The highest BCUT2D eigenvalue weighted by atomic mass is 16.2. The Kier molecular flexibility index (Phi) is 2.23. The summed E-state index contributed by atoms with van der Waals surface area (Å²) in [6, 6.07) is 5.87. The summed E-state index contributed by atoms with van der Waals surface area (Å²) in [6.45, 7) is 4.02. The molecule has 4 aliphatic carbocycles. The molecule has 1 heterocycles. The highest BCUT2D eigenvalue weighted by Gasteiger charge is 2.67. The van der Waals surface area contributed by atoms with Crippen LogP contribution in [0.1, 0.15) is 17.5 Å². The maximum atomic E-state index is 13.0. The molecule has 0 spiro atoms. The summed E-state index contributed by atoms with van der Waals surface area (Å²) >= 11 is 0. The minimum atomic E-state index is -0.105. The van der Waals surface area contributed by atoms with Crippen molar-refractivity contribution >= 4 is 17.5 Å². The number of anilines is 1. The van der Waals surface area contributed by atoms with Gasteiger partial charge in [0.25, 0.3) is 0 Å². The van der Waals surface area contributed by atoms with Crippen molar-refractivity contribution in [1.29, 1.82) is 0 Å². The fourth-order valence-corrected chi connectivity index (χ4v) is 5.17. The predicted molar refractivity (Wildman–Crippen MR) is 83.1 cm³/mol. The zero-order valence-corrected chi connectivity index (χ0v) is 12.8. The van der Waals surface area contributed by atoms with Crippen LogP contribution in [0.2, 0.25) is 0 Å². The van der Waals surface area contributed by atoms with Crippen LogP contribution in [0.5, 0.6) is 0 Å². The van der Waals surface area contributed by atoms with Crippen molar-refractivity contribution in [2.24, 2.45) is 35.5 Å². The SMILES string of the molecule is Cc1cccc(N2C(=O)[C@@H]3[C@@H]4C=C[C@H]([C@H]5C[C@@H]45)[C@@H]3C2=O)c1C. The largest absolute Gasteiger partial charge is 0.274 e. The molecule has 2 bridgehead atoms. The maximum Gasteiger partial charge on any atom is 0.238 e. The molecular formula is C19H19NO2. The zero-order chi connectivity index (χ0) is 15.2. The van der Waals surface area contributed by atoms with E-state index in [0.717, 1.165) is 16.8 Å². The Hall–Kier alpha value is -1.90. The number of hydrogen-bond donors (Lipinski definition) is 0. The van der Waals surface area contributed by atoms with Gasteiger partial charge in [0, 0.05) is 0 Å². The summed E-state index contributed by atoms with van der Waals surface area (Å²) in [5.74, 6) is 1.77. The second kappa shape index (κ2) is 3.89. The van der Waals surface area contributed by atoms with Crippen molar-refractivity contribution in [3.05, 3.63) is 41.5 Å². The van der Waals surface area contributed by atoms with Gasteiger partial charge >= 0.3 is 0 Å². The fraction of sp³-hybridized carbons (Fsp3) is 0.474. The minimum Gasteiger partial charge on any atom is -0.274 e. The highest BCUT2D eigenvalue weighted by Crippen LogP contribution is 2.65. The van der Waals surface area contributed by atoms with Gasteiger partial charge in [-0.15, -0.1) is 0 Å². The van der Waals surface area contributed by atoms with Gasteiger partial charge in [0.1, 0.15) is 0 Å². The van der Waals surface area contributed by atoms with Gasteiger partial charge in [-0.2, -0.15) is 0 Å². The molecule has 2 amide bonds. The molecule has 3 heteroatoms. The topological polar surface area (TPSA) is 37.4 Å². The highest BCUT2D eigenvalue weighted by molar-refractivity contribution is 6.23. The van der Waals surface area contributed by atoms with Crippen molar-refractivity contribution in [2.75, 3.05) is 4.90 Å². The first-order chi connectivity index (χ1) is 10.6. The first kappa shape index (κ1) is 12.6. The van der Waals surface area contributed by atoms with Crippen LogP contribution in [0, 0.1) is 49.4 Å². The van der Waals surface area contributed by atoms with Crippen LogP contribution in [0.3, 0.4) is 0 Å². The number of nitrogens with zero attached hydrogens (tertiary/aromatic N) is 1. The number of carbonyl (C=O) groups excluding carboxylic acids is 2. The van der Waals surface area contributed by atoms with E-state index in [0.29, 0.717) is 23.7 Å². The average molecular weight is 293 g/mol. The Bertz CT molecular complexity index is 714. The van der Waals surface area contributed by atoms with Gasteiger partial charge < -0.3 is 0 Å². The van der Waals surface area contributed by atoms with Gasteiger partial charge in [0.15, 0.2) is 0 Å². The predicted octanol–water partition coefficient (Wildman–Crippen LogP) is 2.86. The first-order valence-corrected chi connectivity index (χ1v) is 8.22. The number of amides is 2. The molecule has 5 aliphatic rings. The van der Waals surface area contributed by atoms with Gasteiger partial charge in [0.2, 0.25) is 11.8 Å². The Morgan fingerprint density at radius 1 is 0.955 bits per heavy atom. The standard InChI is InChI=1S/C19H19NO2/c1-9-4-3-5-15(10(9)2)20-18(21)16-11-6-7-12(14-8-13(11)14)17(16)19(20)22/h3-7,11-14,16-17H,8H2,1-2H3/t11-,12-,13-,14+,16+,17-/m1/s1. The molecule has 22 heavy (non-hydrogen) atoms. The molecule has 6 rings (SSSR count). The quantitative estimate of drug-likeness (QED) is 0.590.